The van der Waals surface area contributed by atoms with Gasteiger partial charge in [-0.2, -0.15) is 0 Å². The Balaban J connectivity index is 1.50. The van der Waals surface area contributed by atoms with Crippen molar-refractivity contribution in [2.45, 2.75) is 45.1 Å². The van der Waals surface area contributed by atoms with Gasteiger partial charge in [-0.05, 0) is 62.3 Å². The number of rotatable bonds is 4. The summed E-state index contributed by atoms with van der Waals surface area (Å²) in [5, 5.41) is 0. The second-order valence-electron chi connectivity index (χ2n) is 8.35. The molecular formula is C22H32FN3O2. The summed E-state index contributed by atoms with van der Waals surface area (Å²) in [6.45, 7) is 5.46. The van der Waals surface area contributed by atoms with E-state index in [0.29, 0.717) is 37.8 Å². The maximum atomic E-state index is 13.1. The van der Waals surface area contributed by atoms with E-state index in [-0.39, 0.29) is 17.6 Å². The maximum absolute atomic E-state index is 13.1. The van der Waals surface area contributed by atoms with Gasteiger partial charge in [-0.3, -0.25) is 14.5 Å². The minimum absolute atomic E-state index is 0.0679. The summed E-state index contributed by atoms with van der Waals surface area (Å²) >= 11 is 0. The Morgan fingerprint density at radius 3 is 2.39 bits per heavy atom. The van der Waals surface area contributed by atoms with Gasteiger partial charge in [-0.1, -0.05) is 6.92 Å². The molecular weight excluding hydrogens is 357 g/mol. The van der Waals surface area contributed by atoms with Crippen molar-refractivity contribution in [1.82, 2.24) is 14.7 Å². The smallest absolute Gasteiger partial charge is 0.253 e. The Bertz CT molecular complexity index is 671. The predicted octanol–water partition coefficient (Wildman–Crippen LogP) is 3.01. The van der Waals surface area contributed by atoms with Gasteiger partial charge in [0.1, 0.15) is 5.82 Å². The average molecular weight is 390 g/mol. The van der Waals surface area contributed by atoms with E-state index in [0.717, 1.165) is 31.7 Å². The largest absolute Gasteiger partial charge is 0.342 e. The summed E-state index contributed by atoms with van der Waals surface area (Å²) in [6, 6.07) is 6.07. The summed E-state index contributed by atoms with van der Waals surface area (Å²) < 4.78 is 13.1. The van der Waals surface area contributed by atoms with Crippen molar-refractivity contribution in [1.29, 1.82) is 0 Å². The van der Waals surface area contributed by atoms with Gasteiger partial charge in [0.2, 0.25) is 5.91 Å². The van der Waals surface area contributed by atoms with Gasteiger partial charge in [0, 0.05) is 44.8 Å². The van der Waals surface area contributed by atoms with E-state index < -0.39 is 0 Å². The van der Waals surface area contributed by atoms with Crippen LogP contribution in [0.4, 0.5) is 4.39 Å². The van der Waals surface area contributed by atoms with Crippen LogP contribution in [0.25, 0.3) is 0 Å². The molecule has 0 bridgehead atoms. The Hall–Kier alpha value is -1.95. The lowest BCUT2D eigenvalue weighted by Gasteiger charge is -2.34. The van der Waals surface area contributed by atoms with Gasteiger partial charge in [0.15, 0.2) is 0 Å². The molecule has 6 heteroatoms. The third-order valence-electron chi connectivity index (χ3n) is 6.25. The van der Waals surface area contributed by atoms with Gasteiger partial charge in [0.25, 0.3) is 5.91 Å². The fraction of sp³-hybridized carbons (Fsp3) is 0.636. The summed E-state index contributed by atoms with van der Waals surface area (Å²) in [5.74, 6) is 0.545. The SMILES string of the molecule is CC1CCC(N(C)C(=O)CN2CCCN(C(=O)c3ccc(F)cc3)CC2)CC1. The Kier molecular flexibility index (Phi) is 7.05. The molecule has 2 aliphatic rings. The first-order valence-electron chi connectivity index (χ1n) is 10.5. The lowest BCUT2D eigenvalue weighted by atomic mass is 9.87. The quantitative estimate of drug-likeness (QED) is 0.795. The molecule has 3 rings (SSSR count). The highest BCUT2D eigenvalue weighted by molar-refractivity contribution is 5.94. The van der Waals surface area contributed by atoms with Crippen molar-refractivity contribution in [3.8, 4) is 0 Å². The molecule has 0 N–H and O–H groups in total. The Morgan fingerprint density at radius 2 is 1.71 bits per heavy atom. The van der Waals surface area contributed by atoms with Crippen LogP contribution in [0.5, 0.6) is 0 Å². The zero-order valence-corrected chi connectivity index (χ0v) is 17.1. The molecule has 1 aliphatic heterocycles. The molecule has 0 radical (unpaired) electrons. The van der Waals surface area contributed by atoms with E-state index in [1.165, 1.54) is 37.1 Å². The van der Waals surface area contributed by atoms with Crippen LogP contribution in [0.1, 0.15) is 49.4 Å². The van der Waals surface area contributed by atoms with E-state index in [1.54, 1.807) is 0 Å². The van der Waals surface area contributed by atoms with Crippen molar-refractivity contribution in [2.24, 2.45) is 5.92 Å². The van der Waals surface area contributed by atoms with Crippen molar-refractivity contribution < 1.29 is 14.0 Å². The number of amides is 2. The van der Waals surface area contributed by atoms with E-state index in [9.17, 15) is 14.0 Å². The molecule has 5 nitrogen and oxygen atoms in total. The fourth-order valence-corrected chi connectivity index (χ4v) is 4.24. The van der Waals surface area contributed by atoms with Crippen molar-refractivity contribution >= 4 is 11.8 Å². The highest BCUT2D eigenvalue weighted by Gasteiger charge is 2.27. The van der Waals surface area contributed by atoms with Gasteiger partial charge < -0.3 is 9.80 Å². The normalized spacial score (nSPS) is 23.9. The average Bonchev–Trinajstić information content (AvgIpc) is 2.93. The molecule has 1 saturated carbocycles. The molecule has 1 aliphatic carbocycles. The zero-order valence-electron chi connectivity index (χ0n) is 17.1. The fourth-order valence-electron chi connectivity index (χ4n) is 4.24. The first-order valence-corrected chi connectivity index (χ1v) is 10.5. The summed E-state index contributed by atoms with van der Waals surface area (Å²) in [7, 11) is 1.94. The lowest BCUT2D eigenvalue weighted by molar-refractivity contribution is -0.133. The van der Waals surface area contributed by atoms with Gasteiger partial charge >= 0.3 is 0 Å². The van der Waals surface area contributed by atoms with Crippen LogP contribution in [-0.2, 0) is 4.79 Å². The molecule has 0 aromatic heterocycles. The van der Waals surface area contributed by atoms with Gasteiger partial charge in [-0.15, -0.1) is 0 Å². The minimum atomic E-state index is -0.339. The molecule has 0 atom stereocenters. The highest BCUT2D eigenvalue weighted by atomic mass is 19.1. The molecule has 1 heterocycles. The van der Waals surface area contributed by atoms with E-state index in [4.69, 9.17) is 0 Å². The van der Waals surface area contributed by atoms with Crippen LogP contribution in [-0.4, -0.2) is 72.3 Å². The lowest BCUT2D eigenvalue weighted by Crippen LogP contribution is -2.45. The third kappa shape index (κ3) is 5.31. The number of carbonyl (C=O) groups excluding carboxylic acids is 2. The van der Waals surface area contributed by atoms with Crippen LogP contribution in [0.2, 0.25) is 0 Å². The van der Waals surface area contributed by atoms with Crippen molar-refractivity contribution in [3.05, 3.63) is 35.6 Å². The summed E-state index contributed by atoms with van der Waals surface area (Å²) in [5.41, 5.74) is 0.511. The van der Waals surface area contributed by atoms with Gasteiger partial charge in [-0.25, -0.2) is 4.39 Å². The zero-order chi connectivity index (χ0) is 20.1. The second kappa shape index (κ2) is 9.50. The first-order chi connectivity index (χ1) is 13.4. The molecule has 0 spiro atoms. The van der Waals surface area contributed by atoms with E-state index in [2.05, 4.69) is 11.8 Å². The Morgan fingerprint density at radius 1 is 1.04 bits per heavy atom. The third-order valence-corrected chi connectivity index (χ3v) is 6.25. The van der Waals surface area contributed by atoms with Crippen LogP contribution < -0.4 is 0 Å². The highest BCUT2D eigenvalue weighted by Crippen LogP contribution is 2.26. The van der Waals surface area contributed by atoms with Crippen LogP contribution in [0, 0.1) is 11.7 Å². The predicted molar refractivity (Wildman–Crippen MR) is 108 cm³/mol. The summed E-state index contributed by atoms with van der Waals surface area (Å²) in [6.07, 6.45) is 5.44. The standard InChI is InChI=1S/C22H32FN3O2/c1-17-4-10-20(11-5-17)24(2)21(27)16-25-12-3-13-26(15-14-25)22(28)18-6-8-19(23)9-7-18/h6-9,17,20H,3-5,10-16H2,1-2H3. The molecule has 0 unspecified atom stereocenters. The molecule has 2 amide bonds. The number of benzene rings is 1. The van der Waals surface area contributed by atoms with Gasteiger partial charge in [0.05, 0.1) is 6.54 Å². The minimum Gasteiger partial charge on any atom is -0.342 e. The van der Waals surface area contributed by atoms with Crippen molar-refractivity contribution in [2.75, 3.05) is 39.8 Å². The molecule has 1 aromatic carbocycles. The first kappa shape index (κ1) is 20.8. The molecule has 2 fully saturated rings. The number of carbonyl (C=O) groups is 2. The molecule has 1 aromatic rings. The number of likely N-dealkylation sites (N-methyl/N-ethyl adjacent to an activating group) is 1. The van der Waals surface area contributed by atoms with E-state index in [1.807, 2.05) is 16.8 Å². The number of hydrogen-bond donors (Lipinski definition) is 0. The molecule has 28 heavy (non-hydrogen) atoms. The second-order valence-corrected chi connectivity index (χ2v) is 8.35. The van der Waals surface area contributed by atoms with Crippen molar-refractivity contribution in [3.63, 3.8) is 0 Å². The summed E-state index contributed by atoms with van der Waals surface area (Å²) in [4.78, 5) is 31.3. The topological polar surface area (TPSA) is 43.9 Å². The monoisotopic (exact) mass is 389 g/mol. The molecule has 154 valence electrons. The number of halogens is 1. The van der Waals surface area contributed by atoms with Crippen LogP contribution in [0.15, 0.2) is 24.3 Å². The van der Waals surface area contributed by atoms with Crippen LogP contribution in [0.3, 0.4) is 0 Å². The van der Waals surface area contributed by atoms with E-state index >= 15 is 0 Å². The number of nitrogens with zero attached hydrogens (tertiary/aromatic N) is 3. The van der Waals surface area contributed by atoms with Crippen LogP contribution >= 0.6 is 0 Å². The maximum Gasteiger partial charge on any atom is 0.253 e. The number of hydrogen-bond acceptors (Lipinski definition) is 3. The molecule has 1 saturated heterocycles. The Labute approximate surface area is 167 Å².